The van der Waals surface area contributed by atoms with Gasteiger partial charge in [-0.1, -0.05) is 48.0 Å². The summed E-state index contributed by atoms with van der Waals surface area (Å²) >= 11 is 5.76. The van der Waals surface area contributed by atoms with Gasteiger partial charge in [0, 0.05) is 12.7 Å². The van der Waals surface area contributed by atoms with Crippen molar-refractivity contribution in [2.75, 3.05) is 6.54 Å². The number of hydrogen-bond acceptors (Lipinski definition) is 3. The minimum absolute atomic E-state index is 0.275. The van der Waals surface area contributed by atoms with E-state index in [-0.39, 0.29) is 6.61 Å². The Kier molecular flexibility index (Phi) is 6.45. The Hall–Kier alpha value is -2.33. The highest BCUT2D eigenvalue weighted by Crippen LogP contribution is 2.07. The third-order valence-electron chi connectivity index (χ3n) is 2.83. The summed E-state index contributed by atoms with van der Waals surface area (Å²) in [5.41, 5.74) is 1.79. The second kappa shape index (κ2) is 8.85. The van der Waals surface area contributed by atoms with Crippen molar-refractivity contribution in [2.24, 2.45) is 0 Å². The molecule has 0 aliphatic heterocycles. The van der Waals surface area contributed by atoms with Crippen LogP contribution in [0.3, 0.4) is 0 Å². The van der Waals surface area contributed by atoms with Crippen LogP contribution >= 0.6 is 11.6 Å². The summed E-state index contributed by atoms with van der Waals surface area (Å²) in [7, 11) is 0. The molecule has 2 aromatic rings. The van der Waals surface area contributed by atoms with Crippen LogP contribution < -0.4 is 5.32 Å². The van der Waals surface area contributed by atoms with Crippen LogP contribution in [0.5, 0.6) is 0 Å². The van der Waals surface area contributed by atoms with Gasteiger partial charge in [-0.05, 0) is 30.2 Å². The van der Waals surface area contributed by atoms with Crippen molar-refractivity contribution in [3.8, 4) is 0 Å². The van der Waals surface area contributed by atoms with Crippen molar-refractivity contribution in [1.29, 1.82) is 0 Å². The fraction of sp³-hybridized carbons (Fsp3) is 0.176. The molecule has 1 heterocycles. The number of halogens is 1. The van der Waals surface area contributed by atoms with Crippen molar-refractivity contribution in [3.05, 3.63) is 71.0 Å². The third kappa shape index (κ3) is 5.97. The maximum atomic E-state index is 11.5. The third-order valence-corrected chi connectivity index (χ3v) is 3.06. The molecule has 1 N–H and O–H groups in total. The zero-order chi connectivity index (χ0) is 15.6. The number of benzene rings is 1. The average molecular weight is 317 g/mol. The Morgan fingerprint density at radius 2 is 2.05 bits per heavy atom. The summed E-state index contributed by atoms with van der Waals surface area (Å²) in [5, 5.41) is 3.31. The van der Waals surface area contributed by atoms with Crippen LogP contribution in [0.2, 0.25) is 5.02 Å². The first-order valence-electron chi connectivity index (χ1n) is 6.97. The molecule has 5 heteroatoms. The molecular formula is C17H17ClN2O2. The fourth-order valence-corrected chi connectivity index (χ4v) is 1.83. The first kappa shape index (κ1) is 16.0. The van der Waals surface area contributed by atoms with E-state index in [1.807, 2.05) is 48.6 Å². The molecule has 4 nitrogen and oxygen atoms in total. The Morgan fingerprint density at radius 1 is 1.23 bits per heavy atom. The first-order valence-corrected chi connectivity index (χ1v) is 7.34. The summed E-state index contributed by atoms with van der Waals surface area (Å²) in [6, 6.07) is 13.2. The van der Waals surface area contributed by atoms with Crippen molar-refractivity contribution < 1.29 is 9.53 Å². The molecule has 0 spiro atoms. The van der Waals surface area contributed by atoms with E-state index in [0.717, 1.165) is 11.3 Å². The minimum Gasteiger partial charge on any atom is -0.445 e. The second-order valence-corrected chi connectivity index (χ2v) is 5.02. The van der Waals surface area contributed by atoms with Gasteiger partial charge in [-0.2, -0.15) is 0 Å². The highest BCUT2D eigenvalue weighted by Gasteiger charge is 2.00. The summed E-state index contributed by atoms with van der Waals surface area (Å²) in [6.45, 7) is 0.787. The molecule has 2 rings (SSSR count). The van der Waals surface area contributed by atoms with Gasteiger partial charge in [0.2, 0.25) is 0 Å². The van der Waals surface area contributed by atoms with Crippen molar-refractivity contribution in [2.45, 2.75) is 13.0 Å². The van der Waals surface area contributed by atoms with Crippen LogP contribution in [0.15, 0.2) is 54.7 Å². The van der Waals surface area contributed by atoms with Gasteiger partial charge in [0.25, 0.3) is 0 Å². The van der Waals surface area contributed by atoms with Crippen molar-refractivity contribution in [3.63, 3.8) is 0 Å². The lowest BCUT2D eigenvalue weighted by Crippen LogP contribution is -2.24. The highest BCUT2D eigenvalue weighted by molar-refractivity contribution is 6.30. The molecule has 1 amide bonds. The maximum Gasteiger partial charge on any atom is 0.407 e. The Balaban J connectivity index is 1.61. The van der Waals surface area contributed by atoms with Crippen LogP contribution in [-0.4, -0.2) is 17.6 Å². The van der Waals surface area contributed by atoms with E-state index < -0.39 is 6.09 Å². The lowest BCUT2D eigenvalue weighted by atomic mass is 10.2. The van der Waals surface area contributed by atoms with Crippen LogP contribution in [0, 0.1) is 0 Å². The molecule has 0 aliphatic carbocycles. The Morgan fingerprint density at radius 3 is 2.77 bits per heavy atom. The number of alkyl carbamates (subject to hydrolysis) is 1. The largest absolute Gasteiger partial charge is 0.445 e. The van der Waals surface area contributed by atoms with E-state index in [1.165, 1.54) is 0 Å². The Labute approximate surface area is 134 Å². The van der Waals surface area contributed by atoms with Gasteiger partial charge in [-0.15, -0.1) is 0 Å². The van der Waals surface area contributed by atoms with Crippen molar-refractivity contribution in [1.82, 2.24) is 10.3 Å². The summed E-state index contributed by atoms with van der Waals surface area (Å²) in [6.07, 6.45) is 5.70. The summed E-state index contributed by atoms with van der Waals surface area (Å²) < 4.78 is 5.10. The first-order chi connectivity index (χ1) is 10.7. The molecule has 1 aromatic heterocycles. The lowest BCUT2D eigenvalue weighted by Gasteiger charge is -2.05. The molecule has 1 aromatic carbocycles. The van der Waals surface area contributed by atoms with Crippen LogP contribution in [-0.2, 0) is 11.3 Å². The van der Waals surface area contributed by atoms with Crippen LogP contribution in [0.25, 0.3) is 6.08 Å². The van der Waals surface area contributed by atoms with Crippen LogP contribution in [0.4, 0.5) is 4.79 Å². The van der Waals surface area contributed by atoms with Crippen molar-refractivity contribution >= 4 is 23.8 Å². The Bertz CT molecular complexity index is 612. The van der Waals surface area contributed by atoms with E-state index in [4.69, 9.17) is 16.3 Å². The number of amides is 1. The van der Waals surface area contributed by atoms with E-state index in [2.05, 4.69) is 10.3 Å². The van der Waals surface area contributed by atoms with E-state index in [0.29, 0.717) is 18.0 Å². The predicted molar refractivity (Wildman–Crippen MR) is 87.5 cm³/mol. The van der Waals surface area contributed by atoms with Gasteiger partial charge in [-0.3, -0.25) is 4.98 Å². The molecule has 22 heavy (non-hydrogen) atoms. The maximum absolute atomic E-state index is 11.5. The summed E-state index contributed by atoms with van der Waals surface area (Å²) in [5.74, 6) is 0. The zero-order valence-corrected chi connectivity index (χ0v) is 12.8. The molecule has 0 bridgehead atoms. The molecule has 0 radical (unpaired) electrons. The normalized spacial score (nSPS) is 10.6. The number of pyridine rings is 1. The number of nitrogens with zero attached hydrogens (tertiary/aromatic N) is 1. The van der Waals surface area contributed by atoms with E-state index in [1.54, 1.807) is 12.3 Å². The number of carbonyl (C=O) groups excluding carboxylic acids is 1. The quantitative estimate of drug-likeness (QED) is 0.817. The number of nitrogens with one attached hydrogen (secondary N) is 1. The average Bonchev–Trinajstić information content (AvgIpc) is 2.55. The van der Waals surface area contributed by atoms with Gasteiger partial charge in [0.1, 0.15) is 6.61 Å². The molecule has 0 atom stereocenters. The predicted octanol–water partition coefficient (Wildman–Crippen LogP) is 4.06. The molecule has 0 fully saturated rings. The number of hydrogen-bond donors (Lipinski definition) is 1. The monoisotopic (exact) mass is 316 g/mol. The van der Waals surface area contributed by atoms with Gasteiger partial charge in [0.05, 0.1) is 10.7 Å². The van der Waals surface area contributed by atoms with Gasteiger partial charge < -0.3 is 10.1 Å². The topological polar surface area (TPSA) is 51.2 Å². The number of ether oxygens (including phenoxy) is 1. The van der Waals surface area contributed by atoms with E-state index in [9.17, 15) is 4.79 Å². The fourth-order valence-electron chi connectivity index (χ4n) is 1.72. The molecule has 114 valence electrons. The zero-order valence-electron chi connectivity index (χ0n) is 12.0. The highest BCUT2D eigenvalue weighted by atomic mass is 35.5. The van der Waals surface area contributed by atoms with Gasteiger partial charge >= 0.3 is 6.09 Å². The molecule has 0 unspecified atom stereocenters. The van der Waals surface area contributed by atoms with Gasteiger partial charge in [-0.25, -0.2) is 4.79 Å². The molecule has 0 saturated heterocycles. The summed E-state index contributed by atoms with van der Waals surface area (Å²) in [4.78, 5) is 15.6. The minimum atomic E-state index is -0.415. The number of rotatable bonds is 6. The molecule has 0 saturated carbocycles. The SMILES string of the molecule is O=C(NCCC=Cc1ccc(Cl)cn1)OCc1ccccc1. The molecule has 0 aliphatic rings. The standard InChI is InChI=1S/C17H17ClN2O2/c18-15-9-10-16(20-12-15)8-4-5-11-19-17(21)22-13-14-6-2-1-3-7-14/h1-4,6-10,12H,5,11,13H2,(H,19,21). The van der Waals surface area contributed by atoms with Gasteiger partial charge in [0.15, 0.2) is 0 Å². The number of aromatic nitrogens is 1. The van der Waals surface area contributed by atoms with E-state index >= 15 is 0 Å². The second-order valence-electron chi connectivity index (χ2n) is 4.58. The lowest BCUT2D eigenvalue weighted by molar-refractivity contribution is 0.140. The number of carbonyl (C=O) groups is 1. The van der Waals surface area contributed by atoms with Crippen LogP contribution in [0.1, 0.15) is 17.7 Å². The smallest absolute Gasteiger partial charge is 0.407 e. The molecular weight excluding hydrogens is 300 g/mol.